The zero-order chi connectivity index (χ0) is 16.9. The average Bonchev–Trinajstić information content (AvgIpc) is 2.47. The molecule has 0 aliphatic carbocycles. The summed E-state index contributed by atoms with van der Waals surface area (Å²) < 4.78 is 44.7. The van der Waals surface area contributed by atoms with Gasteiger partial charge in [0.1, 0.15) is 6.04 Å². The Morgan fingerprint density at radius 1 is 1.26 bits per heavy atom. The lowest BCUT2D eigenvalue weighted by Crippen LogP contribution is -2.57. The summed E-state index contributed by atoms with van der Waals surface area (Å²) in [7, 11) is 0. The average molecular weight is 330 g/mol. The second-order valence-corrected chi connectivity index (χ2v) is 6.06. The van der Waals surface area contributed by atoms with Crippen LogP contribution in [0, 0.1) is 0 Å². The van der Waals surface area contributed by atoms with Crippen molar-refractivity contribution in [3.8, 4) is 0 Å². The van der Waals surface area contributed by atoms with Crippen molar-refractivity contribution in [2.24, 2.45) is 0 Å². The molecule has 23 heavy (non-hydrogen) atoms. The third-order valence-corrected chi connectivity index (χ3v) is 3.99. The van der Waals surface area contributed by atoms with Gasteiger partial charge >= 0.3 is 12.2 Å². The van der Waals surface area contributed by atoms with Gasteiger partial charge < -0.3 is 15.4 Å². The Balaban J connectivity index is 1.98. The third-order valence-electron chi connectivity index (χ3n) is 3.99. The van der Waals surface area contributed by atoms with Gasteiger partial charge in [-0.3, -0.25) is 0 Å². The van der Waals surface area contributed by atoms with Crippen LogP contribution in [0.25, 0.3) is 0 Å². The summed E-state index contributed by atoms with van der Waals surface area (Å²) in [5, 5.41) is 4.72. The molecule has 0 spiro atoms. The lowest BCUT2D eigenvalue weighted by Gasteiger charge is -2.35. The van der Waals surface area contributed by atoms with Crippen LogP contribution in [0.15, 0.2) is 30.3 Å². The van der Waals surface area contributed by atoms with E-state index in [-0.39, 0.29) is 6.42 Å². The van der Waals surface area contributed by atoms with E-state index in [4.69, 9.17) is 4.74 Å². The van der Waals surface area contributed by atoms with Crippen LogP contribution in [0.3, 0.4) is 0 Å². The van der Waals surface area contributed by atoms with Crippen molar-refractivity contribution < 1.29 is 22.7 Å². The van der Waals surface area contributed by atoms with Crippen LogP contribution in [-0.4, -0.2) is 37.0 Å². The van der Waals surface area contributed by atoms with Crippen molar-refractivity contribution >= 4 is 6.03 Å². The van der Waals surface area contributed by atoms with E-state index in [2.05, 4.69) is 10.6 Å². The quantitative estimate of drug-likeness (QED) is 0.891. The minimum Gasteiger partial charge on any atom is -0.381 e. The normalized spacial score (nSPS) is 19.0. The van der Waals surface area contributed by atoms with E-state index in [9.17, 15) is 18.0 Å². The van der Waals surface area contributed by atoms with E-state index < -0.39 is 23.8 Å². The van der Waals surface area contributed by atoms with Gasteiger partial charge in [-0.05, 0) is 25.3 Å². The number of nitrogens with one attached hydrogen (secondary N) is 2. The van der Waals surface area contributed by atoms with Gasteiger partial charge in [-0.15, -0.1) is 0 Å². The van der Waals surface area contributed by atoms with E-state index in [0.717, 1.165) is 0 Å². The van der Waals surface area contributed by atoms with Gasteiger partial charge in [-0.2, -0.15) is 13.2 Å². The lowest BCUT2D eigenvalue weighted by atomic mass is 9.93. The predicted octanol–water partition coefficient (Wildman–Crippen LogP) is 3.03. The number of rotatable bonds is 4. The number of hydrogen-bond donors (Lipinski definition) is 2. The maximum atomic E-state index is 13.2. The van der Waals surface area contributed by atoms with Crippen LogP contribution in [0.2, 0.25) is 0 Å². The molecule has 128 valence electrons. The Bertz CT molecular complexity index is 514. The molecule has 1 aromatic carbocycles. The molecule has 2 rings (SSSR count). The van der Waals surface area contributed by atoms with Crippen LogP contribution in [0.4, 0.5) is 18.0 Å². The first-order chi connectivity index (χ1) is 10.8. The molecule has 1 atom stereocenters. The molecule has 7 heteroatoms. The van der Waals surface area contributed by atoms with Crippen LogP contribution in [-0.2, 0) is 11.2 Å². The van der Waals surface area contributed by atoms with E-state index in [1.165, 1.54) is 0 Å². The molecule has 1 saturated heterocycles. The maximum absolute atomic E-state index is 13.2. The predicted molar refractivity (Wildman–Crippen MR) is 80.1 cm³/mol. The Hall–Kier alpha value is -1.76. The summed E-state index contributed by atoms with van der Waals surface area (Å²) in [6.07, 6.45) is -3.65. The highest BCUT2D eigenvalue weighted by molar-refractivity contribution is 5.75. The second-order valence-electron chi connectivity index (χ2n) is 6.06. The highest BCUT2D eigenvalue weighted by Gasteiger charge is 2.41. The van der Waals surface area contributed by atoms with E-state index in [0.29, 0.717) is 31.6 Å². The number of ether oxygens (including phenoxy) is 1. The van der Waals surface area contributed by atoms with Crippen LogP contribution >= 0.6 is 0 Å². The molecule has 2 N–H and O–H groups in total. The van der Waals surface area contributed by atoms with Gasteiger partial charge in [0.2, 0.25) is 0 Å². The van der Waals surface area contributed by atoms with Crippen molar-refractivity contribution in [1.82, 2.24) is 10.6 Å². The lowest BCUT2D eigenvalue weighted by molar-refractivity contribution is -0.152. The first kappa shape index (κ1) is 17.6. The minimum atomic E-state index is -4.51. The minimum absolute atomic E-state index is 0.294. The number of carbonyl (C=O) groups excluding carboxylic acids is 1. The highest BCUT2D eigenvalue weighted by Crippen LogP contribution is 2.24. The standard InChI is InChI=1S/C16H21F3N2O2/c1-15(7-9-23-10-8-15)21-14(22)20-13(16(17,18)19)11-12-5-3-2-4-6-12/h2-6,13H,7-11H2,1H3,(H2,20,21,22). The summed E-state index contributed by atoms with van der Waals surface area (Å²) in [6.45, 7) is 2.79. The Morgan fingerprint density at radius 3 is 2.43 bits per heavy atom. The van der Waals surface area contributed by atoms with Crippen LogP contribution in [0.5, 0.6) is 0 Å². The van der Waals surface area contributed by atoms with Crippen molar-refractivity contribution in [1.29, 1.82) is 0 Å². The molecular weight excluding hydrogens is 309 g/mol. The second kappa shape index (κ2) is 7.21. The molecule has 0 radical (unpaired) electrons. The van der Waals surface area contributed by atoms with Gasteiger partial charge in [-0.25, -0.2) is 4.79 Å². The van der Waals surface area contributed by atoms with Crippen molar-refractivity contribution in [3.63, 3.8) is 0 Å². The number of carbonyl (C=O) groups is 1. The van der Waals surface area contributed by atoms with Crippen LogP contribution < -0.4 is 10.6 Å². The Kier molecular flexibility index (Phi) is 5.51. The van der Waals surface area contributed by atoms with E-state index in [1.807, 2.05) is 6.92 Å². The molecule has 0 saturated carbocycles. The fourth-order valence-corrected chi connectivity index (χ4v) is 2.51. The van der Waals surface area contributed by atoms with Gasteiger partial charge in [0.25, 0.3) is 0 Å². The first-order valence-electron chi connectivity index (χ1n) is 7.56. The zero-order valence-electron chi connectivity index (χ0n) is 13.0. The van der Waals surface area contributed by atoms with Gasteiger partial charge in [-0.1, -0.05) is 30.3 Å². The molecule has 1 aliphatic heterocycles. The SMILES string of the molecule is CC1(NC(=O)NC(Cc2ccccc2)C(F)(F)F)CCOCC1. The molecule has 1 fully saturated rings. The van der Waals surface area contributed by atoms with E-state index >= 15 is 0 Å². The van der Waals surface area contributed by atoms with Crippen LogP contribution in [0.1, 0.15) is 25.3 Å². The molecule has 1 aromatic rings. The number of amides is 2. The molecule has 1 unspecified atom stereocenters. The zero-order valence-corrected chi connectivity index (χ0v) is 13.0. The van der Waals surface area contributed by atoms with Crippen molar-refractivity contribution in [2.45, 2.75) is 43.9 Å². The van der Waals surface area contributed by atoms with Crippen molar-refractivity contribution in [2.75, 3.05) is 13.2 Å². The maximum Gasteiger partial charge on any atom is 0.408 e. The molecule has 1 aliphatic rings. The molecule has 0 aromatic heterocycles. The van der Waals surface area contributed by atoms with Gasteiger partial charge in [0.05, 0.1) is 0 Å². The molecule has 1 heterocycles. The fourth-order valence-electron chi connectivity index (χ4n) is 2.51. The first-order valence-corrected chi connectivity index (χ1v) is 7.56. The third kappa shape index (κ3) is 5.42. The van der Waals surface area contributed by atoms with Gasteiger partial charge in [0.15, 0.2) is 0 Å². The molecular formula is C16H21F3N2O2. The summed E-state index contributed by atoms with van der Waals surface area (Å²) in [6, 6.07) is 5.58. The number of halogens is 3. The number of alkyl halides is 3. The highest BCUT2D eigenvalue weighted by atomic mass is 19.4. The number of urea groups is 1. The summed E-state index contributed by atoms with van der Waals surface area (Å²) in [4.78, 5) is 12.0. The van der Waals surface area contributed by atoms with Gasteiger partial charge in [0, 0.05) is 25.2 Å². The molecule has 4 nitrogen and oxygen atoms in total. The summed E-state index contributed by atoms with van der Waals surface area (Å²) in [5.41, 5.74) is -0.0157. The van der Waals surface area contributed by atoms with Crippen molar-refractivity contribution in [3.05, 3.63) is 35.9 Å². The fraction of sp³-hybridized carbons (Fsp3) is 0.562. The largest absolute Gasteiger partial charge is 0.408 e. The van der Waals surface area contributed by atoms with E-state index in [1.54, 1.807) is 30.3 Å². The molecule has 0 bridgehead atoms. The molecule has 2 amide bonds. The Labute approximate surface area is 133 Å². The monoisotopic (exact) mass is 330 g/mol. The smallest absolute Gasteiger partial charge is 0.381 e. The number of hydrogen-bond acceptors (Lipinski definition) is 2. The summed E-state index contributed by atoms with van der Waals surface area (Å²) in [5.74, 6) is 0. The Morgan fingerprint density at radius 2 is 1.87 bits per heavy atom. The topological polar surface area (TPSA) is 50.4 Å². The summed E-state index contributed by atoms with van der Waals surface area (Å²) >= 11 is 0. The number of benzene rings is 1.